The fraction of sp³-hybridized carbons (Fsp3) is 0.881. The summed E-state index contributed by atoms with van der Waals surface area (Å²) >= 11 is 0. The molecular weight excluding hydrogens is 631 g/mol. The van der Waals surface area contributed by atoms with E-state index in [0.717, 1.165) is 57.8 Å². The maximum Gasteiger partial charge on any atom is 0.266 e. The van der Waals surface area contributed by atoms with E-state index >= 15 is 0 Å². The van der Waals surface area contributed by atoms with Crippen molar-refractivity contribution in [3.05, 3.63) is 24.3 Å². The molecule has 2 unspecified atom stereocenters. The second kappa shape index (κ2) is 36.6. The number of hydrogen-bond donors (Lipinski definition) is 3. The molecule has 0 aromatic heterocycles. The SMILES string of the molecule is CCCCCC/C=C\C/C=C\CCCCCCCCCC(=O)NC(CS(=O)(=O)O)C(O)CCCCCCCCCCCCCCCCCC. The van der Waals surface area contributed by atoms with Crippen LogP contribution in [0.1, 0.15) is 219 Å². The maximum absolute atomic E-state index is 12.5. The number of hydrogen-bond acceptors (Lipinski definition) is 4. The number of allylic oxidation sites excluding steroid dienone is 4. The Hall–Kier alpha value is -1.18. The molecule has 49 heavy (non-hydrogen) atoms. The van der Waals surface area contributed by atoms with Crippen molar-refractivity contribution in [2.75, 3.05) is 5.75 Å². The van der Waals surface area contributed by atoms with E-state index in [2.05, 4.69) is 43.5 Å². The van der Waals surface area contributed by atoms with Gasteiger partial charge in [0.1, 0.15) is 0 Å². The molecule has 0 aromatic carbocycles. The van der Waals surface area contributed by atoms with Crippen molar-refractivity contribution in [2.45, 2.75) is 231 Å². The smallest absolute Gasteiger partial charge is 0.266 e. The molecule has 0 saturated heterocycles. The lowest BCUT2D eigenvalue weighted by Gasteiger charge is -2.23. The molecule has 0 aliphatic heterocycles. The number of carbonyl (C=O) groups is 1. The van der Waals surface area contributed by atoms with Crippen LogP contribution in [-0.2, 0) is 14.9 Å². The minimum Gasteiger partial charge on any atom is -0.391 e. The van der Waals surface area contributed by atoms with Crippen LogP contribution >= 0.6 is 0 Å². The van der Waals surface area contributed by atoms with Gasteiger partial charge < -0.3 is 10.4 Å². The van der Waals surface area contributed by atoms with Crippen LogP contribution < -0.4 is 5.32 Å². The monoisotopic (exact) mass is 712 g/mol. The molecule has 6 nitrogen and oxygen atoms in total. The topological polar surface area (TPSA) is 104 Å². The Labute approximate surface area is 304 Å². The first-order valence-corrected chi connectivity index (χ1v) is 22.6. The van der Waals surface area contributed by atoms with Crippen molar-refractivity contribution in [1.82, 2.24) is 5.32 Å². The van der Waals surface area contributed by atoms with Gasteiger partial charge in [0.05, 0.1) is 17.9 Å². The molecule has 0 spiro atoms. The van der Waals surface area contributed by atoms with Crippen molar-refractivity contribution in [3.8, 4) is 0 Å². The molecule has 0 aliphatic rings. The predicted octanol–water partition coefficient (Wildman–Crippen LogP) is 12.4. The summed E-state index contributed by atoms with van der Waals surface area (Å²) in [5, 5.41) is 13.4. The average Bonchev–Trinajstić information content (AvgIpc) is 3.06. The Bertz CT molecular complexity index is 872. The van der Waals surface area contributed by atoms with Gasteiger partial charge in [-0.2, -0.15) is 8.42 Å². The summed E-state index contributed by atoms with van der Waals surface area (Å²) in [6.45, 7) is 4.51. The number of nitrogens with one attached hydrogen (secondary N) is 1. The fourth-order valence-corrected chi connectivity index (χ4v) is 7.24. The van der Waals surface area contributed by atoms with Crippen LogP contribution in [0.3, 0.4) is 0 Å². The highest BCUT2D eigenvalue weighted by molar-refractivity contribution is 7.85. The number of unbranched alkanes of at least 4 members (excludes halogenated alkanes) is 26. The zero-order valence-electron chi connectivity index (χ0n) is 32.3. The Kier molecular flexibility index (Phi) is 35.7. The van der Waals surface area contributed by atoms with Gasteiger partial charge in [-0.15, -0.1) is 0 Å². The zero-order chi connectivity index (χ0) is 36.1. The highest BCUT2D eigenvalue weighted by Crippen LogP contribution is 2.16. The van der Waals surface area contributed by atoms with E-state index in [9.17, 15) is 22.9 Å². The van der Waals surface area contributed by atoms with Gasteiger partial charge in [-0.3, -0.25) is 9.35 Å². The minimum atomic E-state index is -4.31. The number of aliphatic hydroxyl groups is 1. The van der Waals surface area contributed by atoms with Gasteiger partial charge in [0, 0.05) is 6.42 Å². The highest BCUT2D eigenvalue weighted by atomic mass is 32.2. The third-order valence-electron chi connectivity index (χ3n) is 9.66. The first-order valence-electron chi connectivity index (χ1n) is 21.0. The number of rotatable bonds is 38. The van der Waals surface area contributed by atoms with Crippen LogP contribution in [0.15, 0.2) is 24.3 Å². The molecule has 0 radical (unpaired) electrons. The van der Waals surface area contributed by atoms with E-state index in [1.807, 2.05) is 0 Å². The Morgan fingerprint density at radius 3 is 1.35 bits per heavy atom. The third-order valence-corrected chi connectivity index (χ3v) is 10.4. The quantitative estimate of drug-likeness (QED) is 0.0336. The Balaban J connectivity index is 3.86. The summed E-state index contributed by atoms with van der Waals surface area (Å²) in [7, 11) is -4.31. The zero-order valence-corrected chi connectivity index (χ0v) is 33.1. The second-order valence-electron chi connectivity index (χ2n) is 14.6. The van der Waals surface area contributed by atoms with Gasteiger partial charge >= 0.3 is 0 Å². The molecule has 0 rings (SSSR count). The average molecular weight is 712 g/mol. The van der Waals surface area contributed by atoms with Gasteiger partial charge in [-0.05, 0) is 44.9 Å². The standard InChI is InChI=1S/C42H81NO5S/c1-3-5-7-9-11-13-15-17-19-21-22-24-26-28-30-32-34-36-38-42(45)43-40(39-49(46,47)48)41(44)37-35-33-31-29-27-25-23-20-18-16-14-12-10-8-6-4-2/h13,15,19,21,40-41,44H,3-12,14,16-18,20,22-39H2,1-2H3,(H,43,45)(H,46,47,48)/b15-13-,21-19-. The molecule has 290 valence electrons. The van der Waals surface area contributed by atoms with Gasteiger partial charge in [0.25, 0.3) is 10.1 Å². The predicted molar refractivity (Wildman–Crippen MR) is 212 cm³/mol. The van der Waals surface area contributed by atoms with Crippen LogP contribution in [0.5, 0.6) is 0 Å². The molecule has 0 aliphatic carbocycles. The molecule has 0 heterocycles. The maximum atomic E-state index is 12.5. The molecule has 2 atom stereocenters. The second-order valence-corrected chi connectivity index (χ2v) is 16.1. The summed E-state index contributed by atoms with van der Waals surface area (Å²) in [6, 6.07) is -0.973. The molecule has 1 amide bonds. The molecule has 0 aromatic rings. The molecule has 7 heteroatoms. The normalized spacial score (nSPS) is 13.5. The fourth-order valence-electron chi connectivity index (χ4n) is 6.48. The van der Waals surface area contributed by atoms with Gasteiger partial charge in [0.2, 0.25) is 5.91 Å². The molecule has 3 N–H and O–H groups in total. The largest absolute Gasteiger partial charge is 0.391 e. The van der Waals surface area contributed by atoms with E-state index in [0.29, 0.717) is 12.8 Å². The molecule has 0 fully saturated rings. The first-order chi connectivity index (χ1) is 23.8. The lowest BCUT2D eigenvalue weighted by molar-refractivity contribution is -0.122. The number of amides is 1. The van der Waals surface area contributed by atoms with Crippen LogP contribution in [-0.4, -0.2) is 41.9 Å². The van der Waals surface area contributed by atoms with E-state index < -0.39 is 28.0 Å². The van der Waals surface area contributed by atoms with E-state index in [-0.39, 0.29) is 5.91 Å². The minimum absolute atomic E-state index is 0.252. The third kappa shape index (κ3) is 37.9. The summed E-state index contributed by atoms with van der Waals surface area (Å²) < 4.78 is 32.5. The highest BCUT2D eigenvalue weighted by Gasteiger charge is 2.26. The van der Waals surface area contributed by atoms with Crippen molar-refractivity contribution in [1.29, 1.82) is 0 Å². The van der Waals surface area contributed by atoms with E-state index in [1.165, 1.54) is 135 Å². The summed E-state index contributed by atoms with van der Waals surface area (Å²) in [5.41, 5.74) is 0. The van der Waals surface area contributed by atoms with Crippen molar-refractivity contribution in [2.24, 2.45) is 0 Å². The van der Waals surface area contributed by atoms with Crippen molar-refractivity contribution in [3.63, 3.8) is 0 Å². The number of aliphatic hydroxyl groups excluding tert-OH is 1. The van der Waals surface area contributed by atoms with Crippen molar-refractivity contribution < 1.29 is 22.9 Å². The molecule has 0 saturated carbocycles. The summed E-state index contributed by atoms with van der Waals surface area (Å²) in [6.07, 6.45) is 45.5. The van der Waals surface area contributed by atoms with Crippen molar-refractivity contribution >= 4 is 16.0 Å². The van der Waals surface area contributed by atoms with Gasteiger partial charge in [-0.25, -0.2) is 0 Å². The van der Waals surface area contributed by atoms with Gasteiger partial charge in [0.15, 0.2) is 0 Å². The molecular formula is C42H81NO5S. The Morgan fingerprint density at radius 1 is 0.551 bits per heavy atom. The summed E-state index contributed by atoms with van der Waals surface area (Å²) in [4.78, 5) is 12.5. The van der Waals surface area contributed by atoms with Crippen LogP contribution in [0, 0.1) is 0 Å². The Morgan fingerprint density at radius 2 is 0.918 bits per heavy atom. The van der Waals surface area contributed by atoms with Crippen LogP contribution in [0.2, 0.25) is 0 Å². The number of carbonyl (C=O) groups excluding carboxylic acids is 1. The lowest BCUT2D eigenvalue weighted by Crippen LogP contribution is -2.47. The first kappa shape index (κ1) is 47.8. The van der Waals surface area contributed by atoms with Gasteiger partial charge in [-0.1, -0.05) is 192 Å². The molecule has 0 bridgehead atoms. The summed E-state index contributed by atoms with van der Waals surface area (Å²) in [5.74, 6) is -0.901. The van der Waals surface area contributed by atoms with E-state index in [1.54, 1.807) is 0 Å². The van der Waals surface area contributed by atoms with Crippen LogP contribution in [0.4, 0.5) is 0 Å². The van der Waals surface area contributed by atoms with Crippen LogP contribution in [0.25, 0.3) is 0 Å². The van der Waals surface area contributed by atoms with E-state index in [4.69, 9.17) is 0 Å². The lowest BCUT2D eigenvalue weighted by atomic mass is 10.0.